The molecular weight excluding hydrogens is 270 g/mol. The maximum Gasteiger partial charge on any atom is 0.354 e. The fraction of sp³-hybridized carbons (Fsp3) is 0.200. The maximum atomic E-state index is 12.4. The number of amides is 1. The number of carboxylic acid groups (broad SMARTS) is 1. The van der Waals surface area contributed by atoms with Crippen molar-refractivity contribution in [1.29, 1.82) is 0 Å². The Morgan fingerprint density at radius 2 is 1.90 bits per heavy atom. The Balaban J connectivity index is 2.14. The monoisotopic (exact) mass is 285 g/mol. The van der Waals surface area contributed by atoms with E-state index in [1.54, 1.807) is 17.3 Å². The lowest BCUT2D eigenvalue weighted by Gasteiger charge is -2.20. The first kappa shape index (κ1) is 14.6. The van der Waals surface area contributed by atoms with Crippen molar-refractivity contribution in [3.05, 3.63) is 59.7 Å². The fourth-order valence-corrected chi connectivity index (χ4v) is 1.87. The van der Waals surface area contributed by atoms with Crippen molar-refractivity contribution in [3.8, 4) is 0 Å². The Kier molecular flexibility index (Phi) is 4.61. The van der Waals surface area contributed by atoms with Crippen molar-refractivity contribution in [3.63, 3.8) is 0 Å². The summed E-state index contributed by atoms with van der Waals surface area (Å²) >= 11 is 0. The minimum absolute atomic E-state index is 0.0799. The molecule has 0 saturated carbocycles. The SMILES string of the molecule is CCN(Cc1ccncc1)C(=O)c1ccc(C(=O)O)nc1. The van der Waals surface area contributed by atoms with Crippen LogP contribution in [0.3, 0.4) is 0 Å². The highest BCUT2D eigenvalue weighted by Gasteiger charge is 2.15. The minimum Gasteiger partial charge on any atom is -0.477 e. The van der Waals surface area contributed by atoms with Gasteiger partial charge in [0, 0.05) is 31.7 Å². The molecule has 0 atom stereocenters. The molecule has 6 nitrogen and oxygen atoms in total. The Morgan fingerprint density at radius 1 is 1.19 bits per heavy atom. The maximum absolute atomic E-state index is 12.4. The predicted molar refractivity (Wildman–Crippen MR) is 75.8 cm³/mol. The third-order valence-corrected chi connectivity index (χ3v) is 3.02. The number of aromatic nitrogens is 2. The van der Waals surface area contributed by atoms with E-state index in [0.717, 1.165) is 5.56 Å². The van der Waals surface area contributed by atoms with Crippen LogP contribution in [-0.4, -0.2) is 38.4 Å². The molecule has 0 bridgehead atoms. The summed E-state index contributed by atoms with van der Waals surface area (Å²) in [7, 11) is 0. The highest BCUT2D eigenvalue weighted by molar-refractivity contribution is 5.94. The number of rotatable bonds is 5. The second-order valence-corrected chi connectivity index (χ2v) is 4.41. The van der Waals surface area contributed by atoms with Crippen molar-refractivity contribution in [1.82, 2.24) is 14.9 Å². The van der Waals surface area contributed by atoms with Crippen molar-refractivity contribution >= 4 is 11.9 Å². The van der Waals surface area contributed by atoms with Crippen LogP contribution in [0.25, 0.3) is 0 Å². The van der Waals surface area contributed by atoms with Gasteiger partial charge in [-0.3, -0.25) is 9.78 Å². The van der Waals surface area contributed by atoms with Crippen LogP contribution in [0.15, 0.2) is 42.9 Å². The first-order chi connectivity index (χ1) is 10.1. The van der Waals surface area contributed by atoms with E-state index in [4.69, 9.17) is 5.11 Å². The van der Waals surface area contributed by atoms with Gasteiger partial charge in [0.15, 0.2) is 0 Å². The molecule has 2 aromatic heterocycles. The van der Waals surface area contributed by atoms with E-state index in [1.165, 1.54) is 18.3 Å². The summed E-state index contributed by atoms with van der Waals surface area (Å²) in [5.74, 6) is -1.29. The van der Waals surface area contributed by atoms with Crippen LogP contribution in [0.4, 0.5) is 0 Å². The molecule has 1 N–H and O–H groups in total. The largest absolute Gasteiger partial charge is 0.477 e. The van der Waals surface area contributed by atoms with Gasteiger partial charge >= 0.3 is 5.97 Å². The van der Waals surface area contributed by atoms with E-state index in [0.29, 0.717) is 18.7 Å². The minimum atomic E-state index is -1.11. The summed E-state index contributed by atoms with van der Waals surface area (Å²) in [6.45, 7) is 2.90. The molecule has 2 aromatic rings. The van der Waals surface area contributed by atoms with Gasteiger partial charge in [0.2, 0.25) is 0 Å². The van der Waals surface area contributed by atoms with E-state index in [1.807, 2.05) is 19.1 Å². The van der Waals surface area contributed by atoms with Crippen molar-refractivity contribution in [2.45, 2.75) is 13.5 Å². The van der Waals surface area contributed by atoms with Gasteiger partial charge < -0.3 is 10.0 Å². The molecule has 0 saturated heterocycles. The van der Waals surface area contributed by atoms with Crippen LogP contribution in [0.1, 0.15) is 33.3 Å². The van der Waals surface area contributed by atoms with E-state index < -0.39 is 5.97 Å². The van der Waals surface area contributed by atoms with Crippen LogP contribution in [0.5, 0.6) is 0 Å². The second kappa shape index (κ2) is 6.60. The molecule has 0 aromatic carbocycles. The molecule has 0 aliphatic heterocycles. The number of aromatic carboxylic acids is 1. The number of carboxylic acids is 1. The lowest BCUT2D eigenvalue weighted by molar-refractivity contribution is 0.0687. The Hall–Kier alpha value is -2.76. The van der Waals surface area contributed by atoms with Gasteiger partial charge in [-0.1, -0.05) is 0 Å². The average Bonchev–Trinajstić information content (AvgIpc) is 2.53. The molecule has 0 spiro atoms. The molecule has 0 aliphatic carbocycles. The zero-order valence-electron chi connectivity index (χ0n) is 11.6. The van der Waals surface area contributed by atoms with E-state index in [2.05, 4.69) is 9.97 Å². The summed E-state index contributed by atoms with van der Waals surface area (Å²) in [5, 5.41) is 8.80. The number of nitrogens with zero attached hydrogens (tertiary/aromatic N) is 3. The predicted octanol–water partition coefficient (Wildman–Crippen LogP) is 1.84. The number of hydrogen-bond acceptors (Lipinski definition) is 4. The molecule has 6 heteroatoms. The summed E-state index contributed by atoms with van der Waals surface area (Å²) in [6, 6.07) is 6.51. The molecule has 1 amide bonds. The fourth-order valence-electron chi connectivity index (χ4n) is 1.87. The molecule has 0 unspecified atom stereocenters. The molecule has 21 heavy (non-hydrogen) atoms. The third kappa shape index (κ3) is 3.62. The van der Waals surface area contributed by atoms with Gasteiger partial charge in [0.25, 0.3) is 5.91 Å². The van der Waals surface area contributed by atoms with E-state index in [-0.39, 0.29) is 11.6 Å². The quantitative estimate of drug-likeness (QED) is 0.906. The van der Waals surface area contributed by atoms with Crippen molar-refractivity contribution in [2.75, 3.05) is 6.54 Å². The molecule has 0 aliphatic rings. The van der Waals surface area contributed by atoms with Gasteiger partial charge in [-0.2, -0.15) is 0 Å². The standard InChI is InChI=1S/C15H15N3O3/c1-2-18(10-11-5-7-16-8-6-11)14(19)12-3-4-13(15(20)21)17-9-12/h3-9H,2,10H2,1H3,(H,20,21). The zero-order chi connectivity index (χ0) is 15.2. The highest BCUT2D eigenvalue weighted by Crippen LogP contribution is 2.09. The van der Waals surface area contributed by atoms with Gasteiger partial charge in [-0.25, -0.2) is 9.78 Å². The summed E-state index contributed by atoms with van der Waals surface area (Å²) in [5.41, 5.74) is 1.27. The van der Waals surface area contributed by atoms with Gasteiger partial charge in [-0.15, -0.1) is 0 Å². The number of carbonyl (C=O) groups is 2. The zero-order valence-corrected chi connectivity index (χ0v) is 11.6. The lowest BCUT2D eigenvalue weighted by atomic mass is 10.2. The van der Waals surface area contributed by atoms with Gasteiger partial charge in [0.05, 0.1) is 5.56 Å². The molecule has 2 heterocycles. The third-order valence-electron chi connectivity index (χ3n) is 3.02. The van der Waals surface area contributed by atoms with Crippen LogP contribution in [0.2, 0.25) is 0 Å². The van der Waals surface area contributed by atoms with Gasteiger partial charge in [0.1, 0.15) is 5.69 Å². The Morgan fingerprint density at radius 3 is 2.43 bits per heavy atom. The van der Waals surface area contributed by atoms with E-state index >= 15 is 0 Å². The van der Waals surface area contributed by atoms with Crippen LogP contribution >= 0.6 is 0 Å². The van der Waals surface area contributed by atoms with Crippen LogP contribution in [-0.2, 0) is 6.54 Å². The first-order valence-corrected chi connectivity index (χ1v) is 6.49. The average molecular weight is 285 g/mol. The number of hydrogen-bond donors (Lipinski definition) is 1. The lowest BCUT2D eigenvalue weighted by Crippen LogP contribution is -2.30. The Bertz CT molecular complexity index is 626. The van der Waals surface area contributed by atoms with Gasteiger partial charge in [-0.05, 0) is 36.8 Å². The highest BCUT2D eigenvalue weighted by atomic mass is 16.4. The molecular formula is C15H15N3O3. The number of carbonyl (C=O) groups excluding carboxylic acids is 1. The second-order valence-electron chi connectivity index (χ2n) is 4.41. The molecule has 0 radical (unpaired) electrons. The molecule has 2 rings (SSSR count). The summed E-state index contributed by atoms with van der Waals surface area (Å²) < 4.78 is 0. The summed E-state index contributed by atoms with van der Waals surface area (Å²) in [4.78, 5) is 32.5. The smallest absolute Gasteiger partial charge is 0.354 e. The topological polar surface area (TPSA) is 83.4 Å². The van der Waals surface area contributed by atoms with Crippen molar-refractivity contribution in [2.24, 2.45) is 0 Å². The Labute approximate surface area is 122 Å². The molecule has 0 fully saturated rings. The normalized spacial score (nSPS) is 10.1. The van der Waals surface area contributed by atoms with E-state index in [9.17, 15) is 9.59 Å². The van der Waals surface area contributed by atoms with Crippen LogP contribution in [0, 0.1) is 0 Å². The summed E-state index contributed by atoms with van der Waals surface area (Å²) in [6.07, 6.45) is 4.65. The van der Waals surface area contributed by atoms with Crippen LogP contribution < -0.4 is 0 Å². The first-order valence-electron chi connectivity index (χ1n) is 6.49. The van der Waals surface area contributed by atoms with Crippen molar-refractivity contribution < 1.29 is 14.7 Å². The number of pyridine rings is 2. The molecule has 108 valence electrons.